The Kier molecular flexibility index (Phi) is 6.29. The Morgan fingerprint density at radius 3 is 2.32 bits per heavy atom. The van der Waals surface area contributed by atoms with Gasteiger partial charge in [0, 0.05) is 0 Å². The van der Waals surface area contributed by atoms with Crippen LogP contribution in [0, 0.1) is 57.7 Å². The molecular formula is C30H52O. The van der Waals surface area contributed by atoms with E-state index in [0.717, 1.165) is 36.0 Å². The number of aliphatic hydroxyl groups excluding tert-OH is 1. The minimum atomic E-state index is -0.0791. The van der Waals surface area contributed by atoms with Crippen LogP contribution in [0.2, 0.25) is 0 Å². The van der Waals surface area contributed by atoms with Crippen molar-refractivity contribution < 1.29 is 5.11 Å². The molecule has 1 N–H and O–H groups in total. The van der Waals surface area contributed by atoms with Gasteiger partial charge in [0.05, 0.1) is 6.10 Å². The largest absolute Gasteiger partial charge is 0.393 e. The molecule has 0 spiro atoms. The smallest absolute Gasteiger partial charge is 0.0569 e. The summed E-state index contributed by atoms with van der Waals surface area (Å²) in [6.07, 6.45) is 14.5. The maximum Gasteiger partial charge on any atom is 0.0569 e. The van der Waals surface area contributed by atoms with Crippen LogP contribution in [0.5, 0.6) is 0 Å². The van der Waals surface area contributed by atoms with Crippen molar-refractivity contribution in [1.29, 1.82) is 0 Å². The van der Waals surface area contributed by atoms with Gasteiger partial charge in [-0.25, -0.2) is 0 Å². The summed E-state index contributed by atoms with van der Waals surface area (Å²) in [5, 5.41) is 10.6. The molecule has 4 aliphatic rings. The van der Waals surface area contributed by atoms with Crippen LogP contribution < -0.4 is 0 Å². The van der Waals surface area contributed by atoms with E-state index < -0.39 is 0 Å². The van der Waals surface area contributed by atoms with Crippen LogP contribution in [0.15, 0.2) is 11.6 Å². The quantitative estimate of drug-likeness (QED) is 0.437. The van der Waals surface area contributed by atoms with Gasteiger partial charge in [0.2, 0.25) is 0 Å². The Morgan fingerprint density at radius 2 is 1.65 bits per heavy atom. The molecule has 0 bridgehead atoms. The molecule has 0 aromatic heterocycles. The molecule has 4 rings (SSSR count). The SMILES string of the molecule is CC(C)C(C)CCC(C)C1CCC2(C)C3CCC4C(C)C(O)CCC4(C)C3=CCC12C. The summed E-state index contributed by atoms with van der Waals surface area (Å²) < 4.78 is 0. The van der Waals surface area contributed by atoms with E-state index in [0.29, 0.717) is 28.1 Å². The van der Waals surface area contributed by atoms with E-state index in [9.17, 15) is 5.11 Å². The standard InChI is InChI=1S/C30H52O/c1-19(2)20(3)9-10-21(4)23-13-17-30(8)26-12-11-24-22(5)27(31)15-16-28(24,6)25(26)14-18-29(23,30)7/h14,19-24,26-27,31H,9-13,15-18H2,1-8H3. The zero-order valence-electron chi connectivity index (χ0n) is 22.0. The minimum absolute atomic E-state index is 0.0791. The van der Waals surface area contributed by atoms with E-state index in [4.69, 9.17) is 0 Å². The molecule has 0 saturated heterocycles. The average molecular weight is 429 g/mol. The lowest BCUT2D eigenvalue weighted by atomic mass is 9.43. The Morgan fingerprint density at radius 1 is 0.935 bits per heavy atom. The van der Waals surface area contributed by atoms with Crippen LogP contribution in [0.4, 0.5) is 0 Å². The molecule has 178 valence electrons. The molecule has 0 radical (unpaired) electrons. The van der Waals surface area contributed by atoms with Gasteiger partial charge in [-0.1, -0.05) is 79.9 Å². The van der Waals surface area contributed by atoms with Crippen LogP contribution in [0.1, 0.15) is 113 Å². The molecule has 0 amide bonds. The lowest BCUT2D eigenvalue weighted by Gasteiger charge is -2.62. The van der Waals surface area contributed by atoms with Gasteiger partial charge in [-0.3, -0.25) is 0 Å². The molecule has 31 heavy (non-hydrogen) atoms. The van der Waals surface area contributed by atoms with Gasteiger partial charge in [-0.15, -0.1) is 0 Å². The van der Waals surface area contributed by atoms with Crippen molar-refractivity contribution in [2.75, 3.05) is 0 Å². The van der Waals surface area contributed by atoms with Crippen molar-refractivity contribution >= 4 is 0 Å². The van der Waals surface area contributed by atoms with Crippen molar-refractivity contribution in [2.24, 2.45) is 57.7 Å². The van der Waals surface area contributed by atoms with Crippen LogP contribution in [-0.2, 0) is 0 Å². The van der Waals surface area contributed by atoms with Gasteiger partial charge in [0.25, 0.3) is 0 Å². The van der Waals surface area contributed by atoms with Gasteiger partial charge in [-0.05, 0) is 103 Å². The van der Waals surface area contributed by atoms with Gasteiger partial charge in [0.1, 0.15) is 0 Å². The molecule has 10 unspecified atom stereocenters. The van der Waals surface area contributed by atoms with E-state index in [1.54, 1.807) is 0 Å². The predicted molar refractivity (Wildman–Crippen MR) is 133 cm³/mol. The summed E-state index contributed by atoms with van der Waals surface area (Å²) in [4.78, 5) is 0. The van der Waals surface area contributed by atoms with E-state index in [1.807, 2.05) is 5.57 Å². The summed E-state index contributed by atoms with van der Waals surface area (Å²) in [5.74, 6) is 5.30. The molecule has 4 aliphatic carbocycles. The Bertz CT molecular complexity index is 693. The zero-order chi connectivity index (χ0) is 22.8. The van der Waals surface area contributed by atoms with Gasteiger partial charge in [-0.2, -0.15) is 0 Å². The first-order valence-corrected chi connectivity index (χ1v) is 13.8. The highest BCUT2D eigenvalue weighted by atomic mass is 16.3. The van der Waals surface area contributed by atoms with Gasteiger partial charge in [0.15, 0.2) is 0 Å². The molecule has 3 saturated carbocycles. The van der Waals surface area contributed by atoms with Crippen molar-refractivity contribution in [1.82, 2.24) is 0 Å². The highest BCUT2D eigenvalue weighted by Crippen LogP contribution is 2.72. The molecule has 10 atom stereocenters. The number of fused-ring (bicyclic) bond motifs is 5. The number of rotatable bonds is 5. The Hall–Kier alpha value is -0.300. The third-order valence-corrected chi connectivity index (χ3v) is 12.3. The maximum absolute atomic E-state index is 10.6. The number of hydrogen-bond acceptors (Lipinski definition) is 1. The number of hydrogen-bond donors (Lipinski definition) is 1. The molecule has 0 aromatic rings. The fraction of sp³-hybridized carbons (Fsp3) is 0.933. The molecule has 3 fully saturated rings. The third kappa shape index (κ3) is 3.50. The minimum Gasteiger partial charge on any atom is -0.393 e. The zero-order valence-corrected chi connectivity index (χ0v) is 22.0. The summed E-state index contributed by atoms with van der Waals surface area (Å²) in [7, 11) is 0. The third-order valence-electron chi connectivity index (χ3n) is 12.3. The van der Waals surface area contributed by atoms with Crippen LogP contribution >= 0.6 is 0 Å². The molecular weight excluding hydrogens is 376 g/mol. The summed E-state index contributed by atoms with van der Waals surface area (Å²) >= 11 is 0. The van der Waals surface area contributed by atoms with E-state index >= 15 is 0 Å². The topological polar surface area (TPSA) is 20.2 Å². The molecule has 1 heteroatoms. The Labute approximate surface area is 193 Å². The lowest BCUT2D eigenvalue weighted by Crippen LogP contribution is -2.55. The fourth-order valence-electron chi connectivity index (χ4n) is 9.36. The van der Waals surface area contributed by atoms with Crippen LogP contribution in [0.25, 0.3) is 0 Å². The molecule has 0 heterocycles. The predicted octanol–water partition coefficient (Wildman–Crippen LogP) is 8.27. The van der Waals surface area contributed by atoms with Crippen molar-refractivity contribution in [3.05, 3.63) is 11.6 Å². The lowest BCUT2D eigenvalue weighted by molar-refractivity contribution is -0.0781. The highest BCUT2D eigenvalue weighted by Gasteiger charge is 2.64. The van der Waals surface area contributed by atoms with Crippen molar-refractivity contribution in [3.8, 4) is 0 Å². The molecule has 0 aromatic carbocycles. The second-order valence-corrected chi connectivity index (χ2v) is 13.7. The summed E-state index contributed by atoms with van der Waals surface area (Å²) in [5.41, 5.74) is 3.09. The first-order chi connectivity index (χ1) is 14.5. The van der Waals surface area contributed by atoms with Crippen molar-refractivity contribution in [2.45, 2.75) is 119 Å². The summed E-state index contributed by atoms with van der Waals surface area (Å²) in [6, 6.07) is 0. The van der Waals surface area contributed by atoms with E-state index in [-0.39, 0.29) is 6.10 Å². The first kappa shape index (κ1) is 23.8. The monoisotopic (exact) mass is 428 g/mol. The summed E-state index contributed by atoms with van der Waals surface area (Å²) in [6.45, 7) is 20.1. The van der Waals surface area contributed by atoms with Crippen LogP contribution in [0.3, 0.4) is 0 Å². The van der Waals surface area contributed by atoms with Gasteiger partial charge < -0.3 is 5.11 Å². The fourth-order valence-corrected chi connectivity index (χ4v) is 9.36. The maximum atomic E-state index is 10.6. The van der Waals surface area contributed by atoms with E-state index in [2.05, 4.69) is 61.5 Å². The Balaban J connectivity index is 1.58. The van der Waals surface area contributed by atoms with Crippen LogP contribution in [-0.4, -0.2) is 11.2 Å². The first-order valence-electron chi connectivity index (χ1n) is 13.8. The second-order valence-electron chi connectivity index (χ2n) is 13.7. The highest BCUT2D eigenvalue weighted by molar-refractivity contribution is 5.32. The normalized spacial score (nSPS) is 49.1. The molecule has 0 aliphatic heterocycles. The van der Waals surface area contributed by atoms with Crippen molar-refractivity contribution in [3.63, 3.8) is 0 Å². The average Bonchev–Trinajstić information content (AvgIpc) is 3.00. The van der Waals surface area contributed by atoms with E-state index in [1.165, 1.54) is 51.4 Å². The number of allylic oxidation sites excluding steroid dienone is 2. The number of aliphatic hydroxyl groups is 1. The second kappa shape index (κ2) is 8.18. The molecule has 1 nitrogen and oxygen atoms in total. The van der Waals surface area contributed by atoms with Gasteiger partial charge >= 0.3 is 0 Å².